The monoisotopic (exact) mass is 289 g/mol. The second-order valence-corrected chi connectivity index (χ2v) is 4.92. The summed E-state index contributed by atoms with van der Waals surface area (Å²) in [6.07, 6.45) is 0. The first-order valence-corrected chi connectivity index (χ1v) is 6.70. The van der Waals surface area contributed by atoms with Crippen molar-refractivity contribution in [3.8, 4) is 17.2 Å². The molecule has 0 bridgehead atoms. The number of halogens is 1. The molecule has 0 atom stereocenters. The van der Waals surface area contributed by atoms with Gasteiger partial charge in [-0.25, -0.2) is 4.39 Å². The minimum atomic E-state index is -0.392. The van der Waals surface area contributed by atoms with Crippen LogP contribution in [0.2, 0.25) is 0 Å². The molecular formula is C16H16FNO3. The number of aryl methyl sites for hydroxylation is 1. The Morgan fingerprint density at radius 2 is 1.86 bits per heavy atom. The Labute approximate surface area is 122 Å². The van der Waals surface area contributed by atoms with Crippen LogP contribution in [-0.4, -0.2) is 13.2 Å². The van der Waals surface area contributed by atoms with Gasteiger partial charge in [-0.05, 0) is 30.7 Å². The molecule has 3 rings (SSSR count). The Morgan fingerprint density at radius 1 is 1.14 bits per heavy atom. The zero-order valence-corrected chi connectivity index (χ0v) is 11.7. The first kappa shape index (κ1) is 13.5. The minimum Gasteiger partial charge on any atom is -0.486 e. The molecule has 0 saturated carbocycles. The van der Waals surface area contributed by atoms with E-state index in [0.717, 1.165) is 11.1 Å². The zero-order valence-electron chi connectivity index (χ0n) is 11.7. The van der Waals surface area contributed by atoms with Crippen molar-refractivity contribution in [2.75, 3.05) is 18.9 Å². The van der Waals surface area contributed by atoms with Gasteiger partial charge in [0, 0.05) is 17.3 Å². The molecule has 1 heterocycles. The molecule has 110 valence electrons. The van der Waals surface area contributed by atoms with E-state index in [1.54, 1.807) is 24.3 Å². The zero-order chi connectivity index (χ0) is 14.8. The summed E-state index contributed by atoms with van der Waals surface area (Å²) < 4.78 is 30.1. The van der Waals surface area contributed by atoms with Gasteiger partial charge >= 0.3 is 0 Å². The third kappa shape index (κ3) is 2.86. The highest BCUT2D eigenvalue weighted by Crippen LogP contribution is 2.35. The number of hydrogen-bond donors (Lipinski definition) is 1. The second kappa shape index (κ2) is 5.52. The SMILES string of the molecule is Cc1ccc(F)c(OCc2cc3c(cc2N)OCCO3)c1. The van der Waals surface area contributed by atoms with Gasteiger partial charge < -0.3 is 19.9 Å². The Bertz CT molecular complexity index is 673. The molecule has 2 aromatic carbocycles. The Morgan fingerprint density at radius 3 is 2.62 bits per heavy atom. The van der Waals surface area contributed by atoms with E-state index in [2.05, 4.69) is 0 Å². The van der Waals surface area contributed by atoms with Crippen LogP contribution in [0.3, 0.4) is 0 Å². The van der Waals surface area contributed by atoms with Crippen LogP contribution in [0.4, 0.5) is 10.1 Å². The lowest BCUT2D eigenvalue weighted by Gasteiger charge is -2.20. The van der Waals surface area contributed by atoms with E-state index in [-0.39, 0.29) is 12.4 Å². The molecule has 0 fully saturated rings. The molecule has 2 aromatic rings. The molecule has 0 unspecified atom stereocenters. The van der Waals surface area contributed by atoms with E-state index in [1.807, 2.05) is 6.92 Å². The average Bonchev–Trinajstić information content (AvgIpc) is 2.48. The standard InChI is InChI=1S/C16H16FNO3/c1-10-2-3-12(17)14(6-10)21-9-11-7-15-16(8-13(11)18)20-5-4-19-15/h2-3,6-8H,4-5,9,18H2,1H3. The number of ether oxygens (including phenoxy) is 3. The minimum absolute atomic E-state index is 0.169. The Balaban J connectivity index is 1.80. The summed E-state index contributed by atoms with van der Waals surface area (Å²) in [7, 11) is 0. The second-order valence-electron chi connectivity index (χ2n) is 4.92. The molecule has 0 spiro atoms. The highest BCUT2D eigenvalue weighted by atomic mass is 19.1. The quantitative estimate of drug-likeness (QED) is 0.882. The molecule has 0 radical (unpaired) electrons. The van der Waals surface area contributed by atoms with Crippen LogP contribution in [0.5, 0.6) is 17.2 Å². The first-order chi connectivity index (χ1) is 10.1. The van der Waals surface area contributed by atoms with Crippen molar-refractivity contribution in [3.05, 3.63) is 47.3 Å². The van der Waals surface area contributed by atoms with E-state index >= 15 is 0 Å². The number of nitrogens with two attached hydrogens (primary N) is 1. The maximum atomic E-state index is 13.6. The lowest BCUT2D eigenvalue weighted by Crippen LogP contribution is -2.16. The number of rotatable bonds is 3. The largest absolute Gasteiger partial charge is 0.486 e. The maximum Gasteiger partial charge on any atom is 0.165 e. The van der Waals surface area contributed by atoms with Crippen molar-refractivity contribution in [1.82, 2.24) is 0 Å². The molecule has 4 nitrogen and oxygen atoms in total. The fourth-order valence-electron chi connectivity index (χ4n) is 2.15. The summed E-state index contributed by atoms with van der Waals surface area (Å²) in [5, 5.41) is 0. The fraction of sp³-hybridized carbons (Fsp3) is 0.250. The molecule has 21 heavy (non-hydrogen) atoms. The third-order valence-corrected chi connectivity index (χ3v) is 3.27. The van der Waals surface area contributed by atoms with Crippen LogP contribution in [0, 0.1) is 12.7 Å². The lowest BCUT2D eigenvalue weighted by atomic mass is 10.1. The number of fused-ring (bicyclic) bond motifs is 1. The molecule has 0 aromatic heterocycles. The van der Waals surface area contributed by atoms with Crippen LogP contribution in [-0.2, 0) is 6.61 Å². The first-order valence-electron chi connectivity index (χ1n) is 6.70. The number of benzene rings is 2. The smallest absolute Gasteiger partial charge is 0.165 e. The summed E-state index contributed by atoms with van der Waals surface area (Å²) >= 11 is 0. The number of nitrogen functional groups attached to an aromatic ring is 1. The van der Waals surface area contributed by atoms with Gasteiger partial charge in [-0.3, -0.25) is 0 Å². The van der Waals surface area contributed by atoms with Crippen molar-refractivity contribution < 1.29 is 18.6 Å². The molecule has 0 aliphatic carbocycles. The Kier molecular flexibility index (Phi) is 3.56. The molecule has 2 N–H and O–H groups in total. The third-order valence-electron chi connectivity index (χ3n) is 3.27. The summed E-state index contributed by atoms with van der Waals surface area (Å²) in [5.74, 6) is 1.09. The highest BCUT2D eigenvalue weighted by molar-refractivity contribution is 5.58. The van der Waals surface area contributed by atoms with Gasteiger partial charge in [0.05, 0.1) is 0 Å². The van der Waals surface area contributed by atoms with Gasteiger partial charge in [0.25, 0.3) is 0 Å². The number of hydrogen-bond acceptors (Lipinski definition) is 4. The fourth-order valence-corrected chi connectivity index (χ4v) is 2.15. The maximum absolute atomic E-state index is 13.6. The molecular weight excluding hydrogens is 273 g/mol. The molecule has 1 aliphatic rings. The summed E-state index contributed by atoms with van der Waals surface area (Å²) in [6, 6.07) is 8.22. The van der Waals surface area contributed by atoms with Crippen LogP contribution in [0.25, 0.3) is 0 Å². The highest BCUT2D eigenvalue weighted by Gasteiger charge is 2.15. The average molecular weight is 289 g/mol. The molecule has 0 amide bonds. The molecule has 1 aliphatic heterocycles. The summed E-state index contributed by atoms with van der Waals surface area (Å²) in [6.45, 7) is 3.06. The van der Waals surface area contributed by atoms with E-state index in [4.69, 9.17) is 19.9 Å². The number of anilines is 1. The Hall–Kier alpha value is -2.43. The normalized spacial score (nSPS) is 13.0. The van der Waals surface area contributed by atoms with Crippen molar-refractivity contribution in [2.45, 2.75) is 13.5 Å². The lowest BCUT2D eigenvalue weighted by molar-refractivity contribution is 0.171. The van der Waals surface area contributed by atoms with Crippen LogP contribution >= 0.6 is 0 Å². The van der Waals surface area contributed by atoms with Crippen LogP contribution in [0.15, 0.2) is 30.3 Å². The van der Waals surface area contributed by atoms with Gasteiger partial charge in [0.1, 0.15) is 19.8 Å². The van der Waals surface area contributed by atoms with Gasteiger partial charge in [0.2, 0.25) is 0 Å². The van der Waals surface area contributed by atoms with Crippen LogP contribution < -0.4 is 19.9 Å². The van der Waals surface area contributed by atoms with Crippen molar-refractivity contribution in [1.29, 1.82) is 0 Å². The van der Waals surface area contributed by atoms with Gasteiger partial charge in [-0.2, -0.15) is 0 Å². The summed E-state index contributed by atoms with van der Waals surface area (Å²) in [4.78, 5) is 0. The van der Waals surface area contributed by atoms with E-state index < -0.39 is 5.82 Å². The predicted octanol–water partition coefficient (Wildman–Crippen LogP) is 3.07. The van der Waals surface area contributed by atoms with Crippen molar-refractivity contribution in [2.24, 2.45) is 0 Å². The summed E-state index contributed by atoms with van der Waals surface area (Å²) in [5.41, 5.74) is 8.17. The van der Waals surface area contributed by atoms with E-state index in [1.165, 1.54) is 6.07 Å². The van der Waals surface area contributed by atoms with E-state index in [0.29, 0.717) is 30.4 Å². The van der Waals surface area contributed by atoms with Crippen molar-refractivity contribution >= 4 is 5.69 Å². The van der Waals surface area contributed by atoms with Crippen LogP contribution in [0.1, 0.15) is 11.1 Å². The molecule has 0 saturated heterocycles. The topological polar surface area (TPSA) is 53.7 Å². The predicted molar refractivity (Wildman–Crippen MR) is 77.3 cm³/mol. The van der Waals surface area contributed by atoms with Gasteiger partial charge in [0.15, 0.2) is 23.1 Å². The molecule has 5 heteroatoms. The van der Waals surface area contributed by atoms with Gasteiger partial charge in [-0.1, -0.05) is 6.07 Å². The van der Waals surface area contributed by atoms with E-state index in [9.17, 15) is 4.39 Å². The van der Waals surface area contributed by atoms with Gasteiger partial charge in [-0.15, -0.1) is 0 Å². The van der Waals surface area contributed by atoms with Crippen molar-refractivity contribution in [3.63, 3.8) is 0 Å².